The van der Waals surface area contributed by atoms with Gasteiger partial charge in [-0.3, -0.25) is 14.5 Å². The van der Waals surface area contributed by atoms with Crippen LogP contribution in [0.4, 0.5) is 11.4 Å². The lowest BCUT2D eigenvalue weighted by atomic mass is 10.0. The molecule has 6 nitrogen and oxygen atoms in total. The Morgan fingerprint density at radius 3 is 2.24 bits per heavy atom. The molecular formula is C28H24N2O4. The van der Waals surface area contributed by atoms with E-state index in [-0.39, 0.29) is 5.91 Å². The third kappa shape index (κ3) is 3.73. The van der Waals surface area contributed by atoms with Crippen LogP contribution in [0.3, 0.4) is 0 Å². The highest BCUT2D eigenvalue weighted by atomic mass is 16.5. The van der Waals surface area contributed by atoms with Gasteiger partial charge in [-0.2, -0.15) is 0 Å². The molecule has 0 radical (unpaired) electrons. The minimum atomic E-state index is -1.21. The van der Waals surface area contributed by atoms with Crippen LogP contribution in [-0.2, 0) is 9.59 Å². The van der Waals surface area contributed by atoms with Gasteiger partial charge in [-0.25, -0.2) is 0 Å². The molecule has 4 aromatic rings. The van der Waals surface area contributed by atoms with Crippen molar-refractivity contribution >= 4 is 34.0 Å². The summed E-state index contributed by atoms with van der Waals surface area (Å²) in [5.74, 6) is 0.736. The summed E-state index contributed by atoms with van der Waals surface area (Å²) in [6, 6.07) is 28.1. The summed E-state index contributed by atoms with van der Waals surface area (Å²) in [4.78, 5) is 27.9. The third-order valence-corrected chi connectivity index (χ3v) is 6.22. The normalized spacial score (nSPS) is 13.8. The zero-order valence-corrected chi connectivity index (χ0v) is 18.7. The van der Waals surface area contributed by atoms with Gasteiger partial charge in [0.2, 0.25) is 11.8 Å². The number of amides is 2. The number of hydrogen-bond donors (Lipinski definition) is 1. The van der Waals surface area contributed by atoms with Crippen LogP contribution in [0.15, 0.2) is 91.0 Å². The topological polar surface area (TPSA) is 81.9 Å². The Kier molecular flexibility index (Phi) is 5.42. The van der Waals surface area contributed by atoms with E-state index in [2.05, 4.69) is 0 Å². The van der Waals surface area contributed by atoms with Crippen LogP contribution >= 0.6 is 0 Å². The number of methoxy groups -OCH3 is 1. The van der Waals surface area contributed by atoms with Crippen molar-refractivity contribution in [2.24, 2.45) is 11.1 Å². The minimum absolute atomic E-state index is 0.349. The SMILES string of the molecule is COc1cccc(Oc2ccccc2N(C(=O)C2(C(N)=O)CC2)c2cccc3ccccc23)c1. The summed E-state index contributed by atoms with van der Waals surface area (Å²) in [6.45, 7) is 0. The highest BCUT2D eigenvalue weighted by Crippen LogP contribution is 2.51. The van der Waals surface area contributed by atoms with Gasteiger partial charge in [0.25, 0.3) is 0 Å². The van der Waals surface area contributed by atoms with E-state index in [0.29, 0.717) is 41.5 Å². The lowest BCUT2D eigenvalue weighted by molar-refractivity contribution is -0.133. The van der Waals surface area contributed by atoms with Gasteiger partial charge < -0.3 is 15.2 Å². The maximum atomic E-state index is 14.0. The average molecular weight is 453 g/mol. The Morgan fingerprint density at radius 1 is 0.824 bits per heavy atom. The molecule has 0 bridgehead atoms. The molecule has 0 atom stereocenters. The fraction of sp³-hybridized carbons (Fsp3) is 0.143. The van der Waals surface area contributed by atoms with E-state index in [9.17, 15) is 9.59 Å². The van der Waals surface area contributed by atoms with Crippen molar-refractivity contribution in [3.63, 3.8) is 0 Å². The molecule has 6 heteroatoms. The summed E-state index contributed by atoms with van der Waals surface area (Å²) in [7, 11) is 1.59. The number of nitrogens with two attached hydrogens (primary N) is 1. The van der Waals surface area contributed by atoms with Crippen molar-refractivity contribution in [1.29, 1.82) is 0 Å². The number of anilines is 2. The molecule has 0 unspecified atom stereocenters. The molecule has 2 N–H and O–H groups in total. The number of para-hydroxylation sites is 2. The van der Waals surface area contributed by atoms with Gasteiger partial charge in [0, 0.05) is 11.5 Å². The Labute approximate surface area is 197 Å². The van der Waals surface area contributed by atoms with Gasteiger partial charge >= 0.3 is 0 Å². The fourth-order valence-corrected chi connectivity index (χ4v) is 4.18. The second-order valence-electron chi connectivity index (χ2n) is 8.33. The third-order valence-electron chi connectivity index (χ3n) is 6.22. The molecule has 5 rings (SSSR count). The fourth-order valence-electron chi connectivity index (χ4n) is 4.18. The number of primary amides is 1. The molecule has 2 amide bonds. The Morgan fingerprint density at radius 2 is 1.47 bits per heavy atom. The first-order valence-corrected chi connectivity index (χ1v) is 11.1. The zero-order valence-electron chi connectivity index (χ0n) is 18.7. The molecule has 0 heterocycles. The highest BCUT2D eigenvalue weighted by molar-refractivity contribution is 6.19. The van der Waals surface area contributed by atoms with E-state index in [4.69, 9.17) is 15.2 Å². The second-order valence-corrected chi connectivity index (χ2v) is 8.33. The highest BCUT2D eigenvalue weighted by Gasteiger charge is 2.57. The van der Waals surface area contributed by atoms with Crippen molar-refractivity contribution in [1.82, 2.24) is 0 Å². The molecule has 0 aliphatic heterocycles. The number of hydrogen-bond acceptors (Lipinski definition) is 4. The monoisotopic (exact) mass is 452 g/mol. The Balaban J connectivity index is 1.68. The zero-order chi connectivity index (χ0) is 23.7. The number of fused-ring (bicyclic) bond motifs is 1. The van der Waals surface area contributed by atoms with Gasteiger partial charge in [0.05, 0.1) is 18.5 Å². The van der Waals surface area contributed by atoms with E-state index < -0.39 is 11.3 Å². The van der Waals surface area contributed by atoms with Gasteiger partial charge in [-0.1, -0.05) is 54.6 Å². The molecule has 1 aliphatic rings. The predicted octanol–water partition coefficient (Wildman–Crippen LogP) is 5.57. The van der Waals surface area contributed by atoms with Crippen molar-refractivity contribution in [2.75, 3.05) is 12.0 Å². The first-order valence-electron chi connectivity index (χ1n) is 11.1. The molecule has 34 heavy (non-hydrogen) atoms. The number of nitrogens with zero attached hydrogens (tertiary/aromatic N) is 1. The standard InChI is InChI=1S/C28H24N2O4/c1-33-20-10-7-11-21(18-20)34-25-15-5-4-13-24(25)30(27(32)28(16-17-28)26(29)31)23-14-6-9-19-8-2-3-12-22(19)23/h2-15,18H,16-17H2,1H3,(H2,29,31). The molecule has 4 aromatic carbocycles. The van der Waals surface area contributed by atoms with E-state index >= 15 is 0 Å². The molecular weight excluding hydrogens is 428 g/mol. The lowest BCUT2D eigenvalue weighted by Crippen LogP contribution is -2.41. The van der Waals surface area contributed by atoms with E-state index in [1.54, 1.807) is 24.1 Å². The molecule has 1 saturated carbocycles. The van der Waals surface area contributed by atoms with Crippen LogP contribution < -0.4 is 20.1 Å². The summed E-state index contributed by atoms with van der Waals surface area (Å²) < 4.78 is 11.5. The summed E-state index contributed by atoms with van der Waals surface area (Å²) in [5, 5.41) is 1.86. The van der Waals surface area contributed by atoms with Crippen LogP contribution in [0.2, 0.25) is 0 Å². The van der Waals surface area contributed by atoms with Crippen molar-refractivity contribution in [3.05, 3.63) is 91.0 Å². The molecule has 1 fully saturated rings. The van der Waals surface area contributed by atoms with Gasteiger partial charge in [0.15, 0.2) is 5.75 Å². The van der Waals surface area contributed by atoms with Crippen LogP contribution in [0, 0.1) is 5.41 Å². The molecule has 0 spiro atoms. The van der Waals surface area contributed by atoms with Crippen LogP contribution in [-0.4, -0.2) is 18.9 Å². The first-order chi connectivity index (χ1) is 16.5. The van der Waals surface area contributed by atoms with Crippen molar-refractivity contribution < 1.29 is 19.1 Å². The van der Waals surface area contributed by atoms with Crippen molar-refractivity contribution in [3.8, 4) is 17.2 Å². The lowest BCUT2D eigenvalue weighted by Gasteiger charge is -2.29. The summed E-state index contributed by atoms with van der Waals surface area (Å²) in [5.41, 5.74) is 5.69. The van der Waals surface area contributed by atoms with E-state index in [1.807, 2.05) is 78.9 Å². The smallest absolute Gasteiger partial charge is 0.247 e. The Bertz CT molecular complexity index is 1390. The van der Waals surface area contributed by atoms with Crippen LogP contribution in [0.25, 0.3) is 10.8 Å². The number of carbonyl (C=O) groups excluding carboxylic acids is 2. The summed E-state index contributed by atoms with van der Waals surface area (Å²) in [6.07, 6.45) is 0.864. The second kappa shape index (κ2) is 8.56. The molecule has 0 saturated heterocycles. The Hall–Kier alpha value is -4.32. The minimum Gasteiger partial charge on any atom is -0.497 e. The van der Waals surface area contributed by atoms with Crippen molar-refractivity contribution in [2.45, 2.75) is 12.8 Å². The number of benzene rings is 4. The molecule has 170 valence electrons. The largest absolute Gasteiger partial charge is 0.497 e. The summed E-state index contributed by atoms with van der Waals surface area (Å²) >= 11 is 0. The van der Waals surface area contributed by atoms with Gasteiger partial charge in [-0.05, 0) is 48.6 Å². The number of carbonyl (C=O) groups is 2. The number of rotatable bonds is 7. The molecule has 0 aromatic heterocycles. The van der Waals surface area contributed by atoms with Gasteiger partial charge in [-0.15, -0.1) is 0 Å². The maximum Gasteiger partial charge on any atom is 0.247 e. The van der Waals surface area contributed by atoms with Crippen LogP contribution in [0.1, 0.15) is 12.8 Å². The average Bonchev–Trinajstić information content (AvgIpc) is 3.68. The first kappa shape index (κ1) is 21.5. The quantitative estimate of drug-likeness (QED) is 0.372. The maximum absolute atomic E-state index is 14.0. The number of ether oxygens (including phenoxy) is 2. The van der Waals surface area contributed by atoms with Gasteiger partial charge in [0.1, 0.15) is 16.9 Å². The van der Waals surface area contributed by atoms with E-state index in [1.165, 1.54) is 0 Å². The van der Waals surface area contributed by atoms with Crippen LogP contribution in [0.5, 0.6) is 17.2 Å². The molecule has 1 aliphatic carbocycles. The predicted molar refractivity (Wildman–Crippen MR) is 131 cm³/mol. The van der Waals surface area contributed by atoms with E-state index in [0.717, 1.165) is 10.8 Å².